The van der Waals surface area contributed by atoms with Crippen LogP contribution in [0.3, 0.4) is 0 Å². The van der Waals surface area contributed by atoms with Crippen molar-refractivity contribution >= 4 is 21.6 Å². The summed E-state index contributed by atoms with van der Waals surface area (Å²) in [6.07, 6.45) is 1.17. The highest BCUT2D eigenvalue weighted by atomic mass is 32.2. The first kappa shape index (κ1) is 22.0. The van der Waals surface area contributed by atoms with Gasteiger partial charge in [0.25, 0.3) is 5.91 Å². The minimum Gasteiger partial charge on any atom is -0.346 e. The Kier molecular flexibility index (Phi) is 6.55. The highest BCUT2D eigenvalue weighted by Crippen LogP contribution is 2.24. The van der Waals surface area contributed by atoms with Crippen LogP contribution in [-0.2, 0) is 15.4 Å². The molecule has 2 aromatic carbocycles. The lowest BCUT2D eigenvalue weighted by Crippen LogP contribution is -2.29. The number of carbonyl (C=O) groups is 1. The van der Waals surface area contributed by atoms with Crippen molar-refractivity contribution in [3.63, 3.8) is 0 Å². The van der Waals surface area contributed by atoms with Crippen LogP contribution >= 0.6 is 0 Å². The van der Waals surface area contributed by atoms with Crippen LogP contribution in [0.4, 0.5) is 5.69 Å². The number of rotatable bonds is 6. The summed E-state index contributed by atoms with van der Waals surface area (Å²) >= 11 is 0. The van der Waals surface area contributed by atoms with Gasteiger partial charge in [0.1, 0.15) is 0 Å². The highest BCUT2D eigenvalue weighted by molar-refractivity contribution is 7.92. The van der Waals surface area contributed by atoms with Gasteiger partial charge >= 0.3 is 0 Å². The van der Waals surface area contributed by atoms with Gasteiger partial charge in [0.15, 0.2) is 0 Å². The average molecular weight is 403 g/mol. The van der Waals surface area contributed by atoms with Crippen LogP contribution < -0.4 is 9.62 Å². The fourth-order valence-electron chi connectivity index (χ4n) is 3.02. The number of hydrogen-bond donors (Lipinski definition) is 1. The molecule has 0 radical (unpaired) electrons. The van der Waals surface area contributed by atoms with E-state index in [-0.39, 0.29) is 17.4 Å². The molecule has 152 valence electrons. The molecule has 1 N–H and O–H groups in total. The first-order chi connectivity index (χ1) is 12.9. The summed E-state index contributed by atoms with van der Waals surface area (Å²) in [5.74, 6) is -0.193. The Labute approximate surface area is 168 Å². The summed E-state index contributed by atoms with van der Waals surface area (Å²) in [5, 5.41) is 2.99. The molecule has 0 aliphatic heterocycles. The van der Waals surface area contributed by atoms with Gasteiger partial charge in [-0.2, -0.15) is 0 Å². The molecule has 28 heavy (non-hydrogen) atoms. The van der Waals surface area contributed by atoms with Crippen molar-refractivity contribution in [2.45, 2.75) is 46.1 Å². The van der Waals surface area contributed by atoms with E-state index in [0.717, 1.165) is 5.56 Å². The second-order valence-corrected chi connectivity index (χ2v) is 9.95. The molecule has 2 aromatic rings. The molecule has 1 atom stereocenters. The van der Waals surface area contributed by atoms with Crippen molar-refractivity contribution in [1.29, 1.82) is 0 Å². The normalized spacial score (nSPS) is 13.1. The summed E-state index contributed by atoms with van der Waals surface area (Å²) in [7, 11) is -3.34. The highest BCUT2D eigenvalue weighted by Gasteiger charge is 2.17. The van der Waals surface area contributed by atoms with Crippen molar-refractivity contribution in [2.24, 2.45) is 0 Å². The molecule has 5 nitrogen and oxygen atoms in total. The summed E-state index contributed by atoms with van der Waals surface area (Å²) in [4.78, 5) is 12.6. The van der Waals surface area contributed by atoms with E-state index in [1.807, 2.05) is 19.1 Å². The van der Waals surface area contributed by atoms with E-state index in [1.165, 1.54) is 16.1 Å². The summed E-state index contributed by atoms with van der Waals surface area (Å²) < 4.78 is 24.9. The smallest absolute Gasteiger partial charge is 0.251 e. The number of carbonyl (C=O) groups excluding carboxylic acids is 1. The lowest BCUT2D eigenvalue weighted by atomic mass is 9.86. The fraction of sp³-hybridized carbons (Fsp3) is 0.409. The number of anilines is 1. The number of benzene rings is 2. The number of amides is 1. The van der Waals surface area contributed by atoms with Crippen LogP contribution in [0.1, 0.15) is 62.1 Å². The lowest BCUT2D eigenvalue weighted by Gasteiger charge is -2.21. The van der Waals surface area contributed by atoms with Crippen LogP contribution in [0.25, 0.3) is 0 Å². The molecule has 0 aliphatic rings. The Morgan fingerprint density at radius 2 is 1.57 bits per heavy atom. The van der Waals surface area contributed by atoms with Gasteiger partial charge in [0.05, 0.1) is 18.0 Å². The molecule has 0 heterocycles. The number of sulfonamides is 1. The molecule has 1 amide bonds. The first-order valence-corrected chi connectivity index (χ1v) is 11.3. The molecular weight excluding hydrogens is 372 g/mol. The fourth-order valence-corrected chi connectivity index (χ4v) is 4.00. The third-order valence-electron chi connectivity index (χ3n) is 4.73. The van der Waals surface area contributed by atoms with E-state index in [9.17, 15) is 13.2 Å². The zero-order valence-corrected chi connectivity index (χ0v) is 18.3. The van der Waals surface area contributed by atoms with Crippen molar-refractivity contribution in [3.8, 4) is 0 Å². The Morgan fingerprint density at radius 1 is 1.04 bits per heavy atom. The molecule has 0 bridgehead atoms. The molecule has 6 heteroatoms. The van der Waals surface area contributed by atoms with Gasteiger partial charge in [-0.05, 0) is 54.7 Å². The molecular formula is C22H30N2O3S. The van der Waals surface area contributed by atoms with Gasteiger partial charge in [0, 0.05) is 12.1 Å². The molecule has 0 fully saturated rings. The van der Waals surface area contributed by atoms with E-state index >= 15 is 0 Å². The molecule has 0 aromatic heterocycles. The van der Waals surface area contributed by atoms with Crippen molar-refractivity contribution in [1.82, 2.24) is 5.32 Å². The second-order valence-electron chi connectivity index (χ2n) is 8.04. The molecule has 0 saturated carbocycles. The Balaban J connectivity index is 2.10. The van der Waals surface area contributed by atoms with E-state index in [4.69, 9.17) is 0 Å². The summed E-state index contributed by atoms with van der Waals surface area (Å²) in [6, 6.07) is 14.7. The van der Waals surface area contributed by atoms with Crippen LogP contribution in [0.5, 0.6) is 0 Å². The zero-order valence-electron chi connectivity index (χ0n) is 17.5. The van der Waals surface area contributed by atoms with Gasteiger partial charge in [-0.3, -0.25) is 9.10 Å². The third kappa shape index (κ3) is 5.35. The van der Waals surface area contributed by atoms with E-state index in [1.54, 1.807) is 31.2 Å². The SMILES string of the molecule is CCN(c1ccc(C(=O)N[C@H](C)c2ccc(C(C)(C)C)cc2)cc1)S(C)(=O)=O. The van der Waals surface area contributed by atoms with E-state index in [0.29, 0.717) is 17.8 Å². The zero-order chi connectivity index (χ0) is 21.1. The number of nitrogens with one attached hydrogen (secondary N) is 1. The lowest BCUT2D eigenvalue weighted by molar-refractivity contribution is 0.0940. The van der Waals surface area contributed by atoms with Gasteiger partial charge < -0.3 is 5.32 Å². The van der Waals surface area contributed by atoms with Gasteiger partial charge in [-0.15, -0.1) is 0 Å². The Morgan fingerprint density at radius 3 is 2.00 bits per heavy atom. The monoisotopic (exact) mass is 402 g/mol. The van der Waals surface area contributed by atoms with E-state index < -0.39 is 10.0 Å². The van der Waals surface area contributed by atoms with Crippen molar-refractivity contribution < 1.29 is 13.2 Å². The van der Waals surface area contributed by atoms with E-state index in [2.05, 4.69) is 38.2 Å². The number of hydrogen-bond acceptors (Lipinski definition) is 3. The maximum Gasteiger partial charge on any atom is 0.251 e. The summed E-state index contributed by atoms with van der Waals surface area (Å²) in [5.41, 5.74) is 3.41. The molecule has 0 saturated heterocycles. The van der Waals surface area contributed by atoms with Crippen LogP contribution in [0.15, 0.2) is 48.5 Å². The molecule has 0 spiro atoms. The quantitative estimate of drug-likeness (QED) is 0.785. The Bertz CT molecular complexity index is 912. The van der Waals surface area contributed by atoms with Crippen molar-refractivity contribution in [2.75, 3.05) is 17.1 Å². The van der Waals surface area contributed by atoms with Crippen LogP contribution in [0, 0.1) is 0 Å². The standard InChI is InChI=1S/C22H30N2O3S/c1-7-24(28(6,26)27)20-14-10-18(11-15-20)21(25)23-16(2)17-8-12-19(13-9-17)22(3,4)5/h8-16H,7H2,1-6H3,(H,23,25)/t16-/m1/s1. The first-order valence-electron chi connectivity index (χ1n) is 9.42. The molecule has 0 aliphatic carbocycles. The third-order valence-corrected chi connectivity index (χ3v) is 6.00. The Hall–Kier alpha value is -2.34. The summed E-state index contributed by atoms with van der Waals surface area (Å²) in [6.45, 7) is 10.6. The van der Waals surface area contributed by atoms with Gasteiger partial charge in [0.2, 0.25) is 10.0 Å². The average Bonchev–Trinajstić information content (AvgIpc) is 2.61. The maximum atomic E-state index is 12.6. The predicted octanol–water partition coefficient (Wildman–Crippen LogP) is 4.26. The molecule has 0 unspecified atom stereocenters. The minimum absolute atomic E-state index is 0.0884. The maximum absolute atomic E-state index is 12.6. The predicted molar refractivity (Wildman–Crippen MR) is 115 cm³/mol. The van der Waals surface area contributed by atoms with Gasteiger partial charge in [-0.1, -0.05) is 45.0 Å². The minimum atomic E-state index is -3.34. The van der Waals surface area contributed by atoms with Crippen LogP contribution in [-0.4, -0.2) is 27.1 Å². The number of nitrogens with zero attached hydrogens (tertiary/aromatic N) is 1. The second kappa shape index (κ2) is 8.35. The van der Waals surface area contributed by atoms with Gasteiger partial charge in [-0.25, -0.2) is 8.42 Å². The van der Waals surface area contributed by atoms with Crippen molar-refractivity contribution in [3.05, 3.63) is 65.2 Å². The topological polar surface area (TPSA) is 66.5 Å². The molecule has 2 rings (SSSR count). The largest absolute Gasteiger partial charge is 0.346 e. The van der Waals surface area contributed by atoms with Crippen LogP contribution in [0.2, 0.25) is 0 Å².